The minimum atomic E-state index is -0.474. The summed E-state index contributed by atoms with van der Waals surface area (Å²) in [5.41, 5.74) is 1.80. The van der Waals surface area contributed by atoms with Gasteiger partial charge in [0, 0.05) is 12.4 Å². The molecular weight excluding hydrogens is 294 g/mol. The van der Waals surface area contributed by atoms with E-state index in [1.54, 1.807) is 42.3 Å². The molecule has 1 N–H and O–H groups in total. The molecule has 1 aromatic heterocycles. The highest BCUT2D eigenvalue weighted by Gasteiger charge is 2.19. The van der Waals surface area contributed by atoms with Crippen molar-refractivity contribution in [3.8, 4) is 0 Å². The van der Waals surface area contributed by atoms with Crippen molar-refractivity contribution >= 4 is 17.6 Å². The Morgan fingerprint density at radius 1 is 1.26 bits per heavy atom. The normalized spacial score (nSPS) is 12.0. The summed E-state index contributed by atoms with van der Waals surface area (Å²) >= 11 is 0. The van der Waals surface area contributed by atoms with Gasteiger partial charge in [0.05, 0.1) is 24.7 Å². The number of nitrogens with one attached hydrogen (secondary N) is 1. The molecule has 6 nitrogen and oxygen atoms in total. The first-order chi connectivity index (χ1) is 10.9. The van der Waals surface area contributed by atoms with Crippen molar-refractivity contribution in [1.29, 1.82) is 0 Å². The van der Waals surface area contributed by atoms with Crippen LogP contribution >= 0.6 is 0 Å². The molecular formula is C17H21N3O3. The summed E-state index contributed by atoms with van der Waals surface area (Å²) in [6.45, 7) is 5.84. The van der Waals surface area contributed by atoms with E-state index in [1.807, 2.05) is 19.9 Å². The molecule has 0 radical (unpaired) electrons. The van der Waals surface area contributed by atoms with Gasteiger partial charge in [0.25, 0.3) is 0 Å². The third-order valence-electron chi connectivity index (χ3n) is 3.72. The Morgan fingerprint density at radius 2 is 2.00 bits per heavy atom. The highest BCUT2D eigenvalue weighted by molar-refractivity contribution is 6.02. The van der Waals surface area contributed by atoms with E-state index < -0.39 is 12.0 Å². The minimum absolute atomic E-state index is 0.231. The number of anilines is 1. The van der Waals surface area contributed by atoms with Crippen molar-refractivity contribution < 1.29 is 14.3 Å². The topological polar surface area (TPSA) is 73.2 Å². The van der Waals surface area contributed by atoms with Crippen LogP contribution < -0.4 is 5.32 Å². The molecule has 0 saturated carbocycles. The van der Waals surface area contributed by atoms with Gasteiger partial charge in [-0.05, 0) is 30.5 Å². The van der Waals surface area contributed by atoms with Gasteiger partial charge in [0.2, 0.25) is 5.91 Å². The molecule has 0 aliphatic rings. The van der Waals surface area contributed by atoms with Crippen LogP contribution in [0, 0.1) is 0 Å². The summed E-state index contributed by atoms with van der Waals surface area (Å²) in [4.78, 5) is 28.3. The lowest BCUT2D eigenvalue weighted by molar-refractivity contribution is -0.118. The number of ether oxygens (including phenoxy) is 1. The molecule has 0 saturated heterocycles. The van der Waals surface area contributed by atoms with Crippen LogP contribution in [-0.2, 0) is 9.53 Å². The molecule has 0 fully saturated rings. The molecule has 1 heterocycles. The van der Waals surface area contributed by atoms with Gasteiger partial charge in [-0.2, -0.15) is 0 Å². The van der Waals surface area contributed by atoms with Crippen LogP contribution in [-0.4, -0.2) is 28.5 Å². The standard InChI is InChI=1S/C17H21N3O3/c1-11(2)13-5-6-15(14(9-13)17(22)23-4)19-16(21)12(3)20-8-7-18-10-20/h5-12H,1-4H3,(H,19,21)/t12-/m1/s1. The summed E-state index contributed by atoms with van der Waals surface area (Å²) in [7, 11) is 1.32. The SMILES string of the molecule is COC(=O)c1cc(C(C)C)ccc1NC(=O)[C@@H](C)n1ccnc1. The lowest BCUT2D eigenvalue weighted by atomic mass is 9.99. The average molecular weight is 315 g/mol. The fourth-order valence-electron chi connectivity index (χ4n) is 2.18. The number of nitrogens with zero attached hydrogens (tertiary/aromatic N) is 2. The summed E-state index contributed by atoms with van der Waals surface area (Å²) in [5.74, 6) is -0.434. The summed E-state index contributed by atoms with van der Waals surface area (Å²) in [6, 6.07) is 4.95. The van der Waals surface area contributed by atoms with Crippen molar-refractivity contribution in [3.63, 3.8) is 0 Å². The third-order valence-corrected chi connectivity index (χ3v) is 3.72. The number of benzene rings is 1. The zero-order chi connectivity index (χ0) is 17.0. The van der Waals surface area contributed by atoms with E-state index in [4.69, 9.17) is 4.74 Å². The van der Waals surface area contributed by atoms with Gasteiger partial charge in [0.15, 0.2) is 0 Å². The highest BCUT2D eigenvalue weighted by atomic mass is 16.5. The second-order valence-corrected chi connectivity index (χ2v) is 5.63. The number of rotatable bonds is 5. The third kappa shape index (κ3) is 3.77. The van der Waals surface area contributed by atoms with Gasteiger partial charge in [-0.25, -0.2) is 9.78 Å². The number of carbonyl (C=O) groups excluding carboxylic acids is 2. The average Bonchev–Trinajstić information content (AvgIpc) is 3.07. The minimum Gasteiger partial charge on any atom is -0.465 e. The first-order valence-electron chi connectivity index (χ1n) is 7.44. The maximum Gasteiger partial charge on any atom is 0.339 e. The molecule has 0 unspecified atom stereocenters. The quantitative estimate of drug-likeness (QED) is 0.861. The Hall–Kier alpha value is -2.63. The molecule has 1 atom stereocenters. The zero-order valence-electron chi connectivity index (χ0n) is 13.7. The molecule has 2 rings (SSSR count). The van der Waals surface area contributed by atoms with Crippen molar-refractivity contribution in [2.75, 3.05) is 12.4 Å². The number of carbonyl (C=O) groups is 2. The second-order valence-electron chi connectivity index (χ2n) is 5.63. The van der Waals surface area contributed by atoms with Crippen LogP contribution in [0.3, 0.4) is 0 Å². The van der Waals surface area contributed by atoms with E-state index in [0.29, 0.717) is 11.3 Å². The van der Waals surface area contributed by atoms with Gasteiger partial charge in [-0.3, -0.25) is 4.79 Å². The number of methoxy groups -OCH3 is 1. The van der Waals surface area contributed by atoms with E-state index in [2.05, 4.69) is 10.3 Å². The predicted molar refractivity (Wildman–Crippen MR) is 87.4 cm³/mol. The summed E-state index contributed by atoms with van der Waals surface area (Å²) in [6.07, 6.45) is 4.90. The summed E-state index contributed by atoms with van der Waals surface area (Å²) < 4.78 is 6.51. The van der Waals surface area contributed by atoms with Crippen molar-refractivity contribution in [3.05, 3.63) is 48.0 Å². The van der Waals surface area contributed by atoms with Gasteiger partial charge in [-0.15, -0.1) is 0 Å². The van der Waals surface area contributed by atoms with E-state index >= 15 is 0 Å². The number of esters is 1. The van der Waals surface area contributed by atoms with Gasteiger partial charge < -0.3 is 14.6 Å². The second kappa shape index (κ2) is 7.09. The number of amides is 1. The predicted octanol–water partition coefficient (Wildman–Crippen LogP) is 2.99. The van der Waals surface area contributed by atoms with E-state index in [9.17, 15) is 9.59 Å². The number of hydrogen-bond acceptors (Lipinski definition) is 4. The highest BCUT2D eigenvalue weighted by Crippen LogP contribution is 2.24. The molecule has 6 heteroatoms. The molecule has 122 valence electrons. The lowest BCUT2D eigenvalue weighted by Gasteiger charge is -2.16. The Morgan fingerprint density at radius 3 is 2.57 bits per heavy atom. The Balaban J connectivity index is 2.28. The first-order valence-corrected chi connectivity index (χ1v) is 7.44. The van der Waals surface area contributed by atoms with Gasteiger partial charge in [-0.1, -0.05) is 19.9 Å². The monoisotopic (exact) mass is 315 g/mol. The van der Waals surface area contributed by atoms with Crippen LogP contribution in [0.4, 0.5) is 5.69 Å². The number of imidazole rings is 1. The van der Waals surface area contributed by atoms with Gasteiger partial charge in [0.1, 0.15) is 6.04 Å². The molecule has 0 spiro atoms. The molecule has 1 amide bonds. The number of aromatic nitrogens is 2. The fraction of sp³-hybridized carbons (Fsp3) is 0.353. The maximum atomic E-state index is 12.4. The van der Waals surface area contributed by atoms with Crippen LogP contribution in [0.1, 0.15) is 48.7 Å². The van der Waals surface area contributed by atoms with Gasteiger partial charge >= 0.3 is 5.97 Å². The fourth-order valence-corrected chi connectivity index (χ4v) is 2.18. The molecule has 23 heavy (non-hydrogen) atoms. The molecule has 1 aromatic carbocycles. The van der Waals surface area contributed by atoms with Crippen LogP contribution in [0.25, 0.3) is 0 Å². The maximum absolute atomic E-state index is 12.4. The molecule has 2 aromatic rings. The lowest BCUT2D eigenvalue weighted by Crippen LogP contribution is -2.24. The van der Waals surface area contributed by atoms with E-state index in [-0.39, 0.29) is 11.8 Å². The summed E-state index contributed by atoms with van der Waals surface area (Å²) in [5, 5.41) is 2.79. The largest absolute Gasteiger partial charge is 0.465 e. The molecule has 0 aliphatic heterocycles. The smallest absolute Gasteiger partial charge is 0.339 e. The Bertz CT molecular complexity index is 693. The van der Waals surface area contributed by atoms with Crippen LogP contribution in [0.2, 0.25) is 0 Å². The molecule has 0 bridgehead atoms. The van der Waals surface area contributed by atoms with Crippen molar-refractivity contribution in [1.82, 2.24) is 9.55 Å². The van der Waals surface area contributed by atoms with Crippen molar-refractivity contribution in [2.24, 2.45) is 0 Å². The van der Waals surface area contributed by atoms with Crippen LogP contribution in [0.15, 0.2) is 36.9 Å². The molecule has 0 aliphatic carbocycles. The Labute approximate surface area is 135 Å². The van der Waals surface area contributed by atoms with Crippen LogP contribution in [0.5, 0.6) is 0 Å². The van der Waals surface area contributed by atoms with E-state index in [1.165, 1.54) is 7.11 Å². The first kappa shape index (κ1) is 16.7. The van der Waals surface area contributed by atoms with Crippen molar-refractivity contribution in [2.45, 2.75) is 32.7 Å². The van der Waals surface area contributed by atoms with E-state index in [0.717, 1.165) is 5.56 Å². The Kier molecular flexibility index (Phi) is 5.16. The number of hydrogen-bond donors (Lipinski definition) is 1. The zero-order valence-corrected chi connectivity index (χ0v) is 13.7.